The maximum atomic E-state index is 13.5. The minimum Gasteiger partial charge on any atom is -0.483 e. The van der Waals surface area contributed by atoms with E-state index < -0.39 is 30.4 Å². The summed E-state index contributed by atoms with van der Waals surface area (Å²) >= 11 is 0. The van der Waals surface area contributed by atoms with Crippen LogP contribution in [0, 0.1) is 6.92 Å². The second kappa shape index (κ2) is 10.2. The first-order valence-corrected chi connectivity index (χ1v) is 11.4. The molecule has 3 aromatic heterocycles. The van der Waals surface area contributed by atoms with Crippen LogP contribution in [0.3, 0.4) is 0 Å². The van der Waals surface area contributed by atoms with Gasteiger partial charge in [-0.05, 0) is 44.2 Å². The summed E-state index contributed by atoms with van der Waals surface area (Å²) in [5, 5.41) is 11.3. The Balaban J connectivity index is 1.55. The van der Waals surface area contributed by atoms with E-state index in [1.807, 2.05) is 13.0 Å². The van der Waals surface area contributed by atoms with Crippen molar-refractivity contribution in [3.63, 3.8) is 0 Å². The third kappa shape index (κ3) is 5.26. The smallest absolute Gasteiger partial charge is 0.274 e. The third-order valence-electron chi connectivity index (χ3n) is 5.62. The first-order valence-electron chi connectivity index (χ1n) is 11.4. The van der Waals surface area contributed by atoms with Gasteiger partial charge in [-0.3, -0.25) is 4.57 Å². The van der Waals surface area contributed by atoms with E-state index >= 15 is 0 Å². The van der Waals surface area contributed by atoms with Crippen molar-refractivity contribution in [2.24, 2.45) is 0 Å². The first-order chi connectivity index (χ1) is 17.8. The molecule has 0 bridgehead atoms. The zero-order valence-electron chi connectivity index (χ0n) is 19.7. The second-order valence-electron chi connectivity index (χ2n) is 8.44. The molecule has 1 atom stereocenters. The van der Waals surface area contributed by atoms with Gasteiger partial charge in [-0.15, -0.1) is 5.10 Å². The van der Waals surface area contributed by atoms with Gasteiger partial charge >= 0.3 is 0 Å². The number of alkyl halides is 4. The van der Waals surface area contributed by atoms with Crippen molar-refractivity contribution in [3.05, 3.63) is 54.0 Å². The van der Waals surface area contributed by atoms with E-state index in [-0.39, 0.29) is 11.9 Å². The average molecular weight is 518 g/mol. The summed E-state index contributed by atoms with van der Waals surface area (Å²) in [6, 6.07) is 9.49. The first kappa shape index (κ1) is 24.7. The average Bonchev–Trinajstić information content (AvgIpc) is 3.25. The monoisotopic (exact) mass is 518 g/mol. The number of imidazole rings is 1. The molecule has 4 aromatic rings. The molecule has 9 nitrogen and oxygen atoms in total. The maximum absolute atomic E-state index is 13.5. The number of anilines is 2. The Morgan fingerprint density at radius 3 is 2.54 bits per heavy atom. The molecule has 0 radical (unpaired) electrons. The molecule has 194 valence electrons. The zero-order chi connectivity index (χ0) is 26.1. The van der Waals surface area contributed by atoms with E-state index in [0.717, 1.165) is 18.7 Å². The Morgan fingerprint density at radius 1 is 1.08 bits per heavy atom. The van der Waals surface area contributed by atoms with Crippen LogP contribution in [0.2, 0.25) is 0 Å². The van der Waals surface area contributed by atoms with Crippen LogP contribution >= 0.6 is 0 Å². The topological polar surface area (TPSA) is 96.2 Å². The summed E-state index contributed by atoms with van der Waals surface area (Å²) in [5.74, 6) is 0.558. The number of aromatic nitrogens is 5. The fraction of sp³-hybridized carbons (Fsp3) is 0.333. The molecule has 37 heavy (non-hydrogen) atoms. The number of hydrogen-bond donors (Lipinski definition) is 1. The van der Waals surface area contributed by atoms with Crippen molar-refractivity contribution in [2.75, 3.05) is 18.5 Å². The van der Waals surface area contributed by atoms with Gasteiger partial charge in [0.2, 0.25) is 5.88 Å². The van der Waals surface area contributed by atoms with Gasteiger partial charge in [-0.2, -0.15) is 10.1 Å². The van der Waals surface area contributed by atoms with Gasteiger partial charge in [0.25, 0.3) is 12.9 Å². The number of hydrogen-bond acceptors (Lipinski definition) is 8. The number of aryl methyl sites for hydroxylation is 1. The van der Waals surface area contributed by atoms with Crippen LogP contribution in [0.4, 0.5) is 29.1 Å². The summed E-state index contributed by atoms with van der Waals surface area (Å²) in [5.41, 5.74) is 1.84. The highest BCUT2D eigenvalue weighted by Gasteiger charge is 2.25. The molecule has 0 amide bonds. The van der Waals surface area contributed by atoms with Crippen LogP contribution in [-0.4, -0.2) is 56.6 Å². The highest BCUT2D eigenvalue weighted by atomic mass is 19.3. The highest BCUT2D eigenvalue weighted by Crippen LogP contribution is 2.35. The van der Waals surface area contributed by atoms with E-state index in [1.165, 1.54) is 17.0 Å². The number of fused-ring (bicyclic) bond motifs is 1. The predicted molar refractivity (Wildman–Crippen MR) is 125 cm³/mol. The normalized spacial score (nSPS) is 14.7. The number of halogens is 4. The van der Waals surface area contributed by atoms with Crippen molar-refractivity contribution >= 4 is 22.5 Å². The Hall–Kier alpha value is -4.00. The summed E-state index contributed by atoms with van der Waals surface area (Å²) in [4.78, 5) is 8.52. The lowest BCUT2D eigenvalue weighted by molar-refractivity contribution is -0.0793. The molecule has 5 rings (SSSR count). The van der Waals surface area contributed by atoms with Crippen molar-refractivity contribution < 1.29 is 31.8 Å². The standard InChI is InChI=1S/C24H22F4N6O3/c1-12-3-5-20(33-32-12)30-17-7-16-18(8-19(17)37-14-9-35-10-14)34(11-29-16)21-6-4-15(23(27)28)24(31-21)36-13(2)22(25)26/h3-8,11,13-14,22-23H,9-10H2,1-2H3,(H,30,33)/t13-/m1/s1. The Bertz CT molecular complexity index is 1400. The number of nitrogens with one attached hydrogen (secondary N) is 1. The van der Waals surface area contributed by atoms with E-state index in [4.69, 9.17) is 14.2 Å². The van der Waals surface area contributed by atoms with Crippen LogP contribution in [-0.2, 0) is 4.74 Å². The molecule has 0 aliphatic carbocycles. The second-order valence-corrected chi connectivity index (χ2v) is 8.44. The SMILES string of the molecule is Cc1ccc(Nc2cc3ncn(-c4ccc(C(F)F)c(O[C@H](C)C(F)F)n4)c3cc2OC2COC2)nn1. The molecule has 0 saturated carbocycles. The third-order valence-corrected chi connectivity index (χ3v) is 5.62. The molecule has 1 aromatic carbocycles. The zero-order valence-corrected chi connectivity index (χ0v) is 19.7. The number of benzene rings is 1. The molecule has 0 spiro atoms. The lowest BCUT2D eigenvalue weighted by Gasteiger charge is -2.27. The molecule has 1 N–H and O–H groups in total. The summed E-state index contributed by atoms with van der Waals surface area (Å²) in [6.07, 6.45) is -6.16. The van der Waals surface area contributed by atoms with Crippen LogP contribution in [0.25, 0.3) is 16.9 Å². The largest absolute Gasteiger partial charge is 0.483 e. The fourth-order valence-electron chi connectivity index (χ4n) is 3.54. The number of nitrogens with zero attached hydrogens (tertiary/aromatic N) is 5. The summed E-state index contributed by atoms with van der Waals surface area (Å²) in [7, 11) is 0. The quantitative estimate of drug-likeness (QED) is 0.309. The summed E-state index contributed by atoms with van der Waals surface area (Å²) in [6.45, 7) is 3.77. The molecule has 1 saturated heterocycles. The highest BCUT2D eigenvalue weighted by molar-refractivity contribution is 5.86. The molecule has 4 heterocycles. The number of rotatable bonds is 9. The molecule has 1 fully saturated rings. The molecule has 13 heteroatoms. The summed E-state index contributed by atoms with van der Waals surface area (Å²) < 4.78 is 71.0. The molecule has 1 aliphatic rings. The Labute approximate surface area is 208 Å². The van der Waals surface area contributed by atoms with Crippen molar-refractivity contribution in [3.8, 4) is 17.4 Å². The van der Waals surface area contributed by atoms with E-state index in [2.05, 4.69) is 25.5 Å². The minimum absolute atomic E-state index is 0.155. The van der Waals surface area contributed by atoms with Gasteiger partial charge < -0.3 is 19.5 Å². The van der Waals surface area contributed by atoms with Crippen LogP contribution in [0.1, 0.15) is 24.6 Å². The number of pyridine rings is 1. The van der Waals surface area contributed by atoms with Gasteiger partial charge in [0, 0.05) is 6.07 Å². The predicted octanol–water partition coefficient (Wildman–Crippen LogP) is 5.01. The van der Waals surface area contributed by atoms with Gasteiger partial charge in [-0.25, -0.2) is 22.5 Å². The Morgan fingerprint density at radius 2 is 1.89 bits per heavy atom. The van der Waals surface area contributed by atoms with Crippen LogP contribution in [0.5, 0.6) is 11.6 Å². The van der Waals surface area contributed by atoms with Gasteiger partial charge in [0.1, 0.15) is 24.0 Å². The van der Waals surface area contributed by atoms with E-state index in [9.17, 15) is 17.6 Å². The fourth-order valence-corrected chi connectivity index (χ4v) is 3.54. The van der Waals surface area contributed by atoms with Gasteiger partial charge in [0.15, 0.2) is 11.9 Å². The maximum Gasteiger partial charge on any atom is 0.274 e. The van der Waals surface area contributed by atoms with Crippen molar-refractivity contribution in [1.82, 2.24) is 24.7 Å². The molecular weight excluding hydrogens is 496 g/mol. The molecule has 1 aliphatic heterocycles. The molecular formula is C24H22F4N6O3. The van der Waals surface area contributed by atoms with Gasteiger partial charge in [0.05, 0.1) is 41.2 Å². The van der Waals surface area contributed by atoms with Crippen LogP contribution < -0.4 is 14.8 Å². The van der Waals surface area contributed by atoms with Crippen molar-refractivity contribution in [2.45, 2.75) is 38.9 Å². The van der Waals surface area contributed by atoms with Crippen LogP contribution in [0.15, 0.2) is 42.7 Å². The lowest BCUT2D eigenvalue weighted by Crippen LogP contribution is -2.38. The number of ether oxygens (including phenoxy) is 3. The van der Waals surface area contributed by atoms with E-state index in [0.29, 0.717) is 41.5 Å². The van der Waals surface area contributed by atoms with E-state index in [1.54, 1.807) is 18.2 Å². The molecule has 0 unspecified atom stereocenters. The van der Waals surface area contributed by atoms with Crippen molar-refractivity contribution in [1.29, 1.82) is 0 Å². The Kier molecular flexibility index (Phi) is 6.78. The minimum atomic E-state index is -2.95. The van der Waals surface area contributed by atoms with Gasteiger partial charge in [-0.1, -0.05) is 0 Å². The lowest BCUT2D eigenvalue weighted by atomic mass is 10.2.